The van der Waals surface area contributed by atoms with E-state index in [0.29, 0.717) is 16.4 Å². The number of benzene rings is 3. The minimum absolute atomic E-state index is 0.0567. The lowest BCUT2D eigenvalue weighted by atomic mass is 10.1. The first-order valence-electron chi connectivity index (χ1n) is 11.7. The number of hydrogen-bond acceptors (Lipinski definition) is 5. The largest absolute Gasteiger partial charge is 0.435 e. The van der Waals surface area contributed by atoms with E-state index >= 15 is 0 Å². The van der Waals surface area contributed by atoms with Gasteiger partial charge in [-0.05, 0) is 59.8 Å². The van der Waals surface area contributed by atoms with Crippen LogP contribution < -0.4 is 15.9 Å². The molecule has 3 N–H and O–H groups in total. The molecule has 0 aliphatic carbocycles. The number of alkyl halides is 2. The van der Waals surface area contributed by atoms with Crippen molar-refractivity contribution >= 4 is 62.6 Å². The average Bonchev–Trinajstić information content (AvgIpc) is 2.91. The molecule has 0 aliphatic rings. The number of nitrogens with one attached hydrogen (secondary N) is 1. The van der Waals surface area contributed by atoms with Gasteiger partial charge in [0.1, 0.15) is 17.9 Å². The maximum atomic E-state index is 12.2. The average molecular weight is 614 g/mol. The molecule has 0 saturated heterocycles. The van der Waals surface area contributed by atoms with Crippen molar-refractivity contribution in [3.05, 3.63) is 100 Å². The Morgan fingerprint density at radius 2 is 1.74 bits per heavy atom. The second-order valence-corrected chi connectivity index (χ2v) is 9.49. The van der Waals surface area contributed by atoms with Crippen molar-refractivity contribution < 1.29 is 13.5 Å². The highest BCUT2D eigenvalue weighted by atomic mass is 79.9. The number of rotatable bonds is 10. The lowest BCUT2D eigenvalue weighted by molar-refractivity contribution is -0.0498. The molecule has 3 rings (SSSR count). The molecule has 0 saturated carbocycles. The molecule has 0 radical (unpaired) electrons. The third-order valence-electron chi connectivity index (χ3n) is 5.10. The number of thioether (sulfide) groups is 1. The van der Waals surface area contributed by atoms with E-state index in [2.05, 4.69) is 41.2 Å². The Balaban J connectivity index is 1.63. The number of halogens is 3. The van der Waals surface area contributed by atoms with Crippen LogP contribution in [0.25, 0.3) is 0 Å². The standard InChI is InChI=1S/C28H27BrF2N6OS/c1-19-5-3-6-20(2)25(19)36-28(39-16-4-15-29)37-35-17-21-7-9-22(10-8-21)26(32)34-18-33-23-11-13-24(14-12-23)38-27(30)31/h3-15,17-18,27H,16H2,1-2H3,(H,36,37)(H2,32,33,34)/b15-4+,35-17+. The van der Waals surface area contributed by atoms with E-state index < -0.39 is 6.61 Å². The number of nitrogens with two attached hydrogens (primary N) is 1. The fraction of sp³-hybridized carbons (Fsp3) is 0.143. The Hall–Kier alpha value is -3.83. The first kappa shape index (κ1) is 29.7. The summed E-state index contributed by atoms with van der Waals surface area (Å²) in [6.45, 7) is 1.19. The summed E-state index contributed by atoms with van der Waals surface area (Å²) in [5, 5.41) is 5.04. The second kappa shape index (κ2) is 15.6. The number of aliphatic imine (C=N–C) groups is 3. The van der Waals surface area contributed by atoms with E-state index in [1.807, 2.05) is 67.4 Å². The molecule has 202 valence electrons. The van der Waals surface area contributed by atoms with Crippen LogP contribution in [-0.4, -0.2) is 35.9 Å². The molecule has 7 nitrogen and oxygen atoms in total. The Kier molecular flexibility index (Phi) is 11.9. The molecule has 11 heteroatoms. The quantitative estimate of drug-likeness (QED) is 0.143. The maximum absolute atomic E-state index is 12.2. The van der Waals surface area contributed by atoms with Crippen molar-refractivity contribution in [2.45, 2.75) is 20.5 Å². The maximum Gasteiger partial charge on any atom is 0.387 e. The third kappa shape index (κ3) is 10.1. The summed E-state index contributed by atoms with van der Waals surface area (Å²) in [7, 11) is 0. The molecule has 0 aromatic heterocycles. The monoisotopic (exact) mass is 612 g/mol. The van der Waals surface area contributed by atoms with Gasteiger partial charge in [-0.3, -0.25) is 5.43 Å². The Bertz CT molecular complexity index is 1350. The lowest BCUT2D eigenvalue weighted by Gasteiger charge is -2.08. The predicted molar refractivity (Wildman–Crippen MR) is 163 cm³/mol. The van der Waals surface area contributed by atoms with E-state index in [4.69, 9.17) is 10.7 Å². The molecule has 0 atom stereocenters. The molecule has 0 fully saturated rings. The molecule has 0 heterocycles. The summed E-state index contributed by atoms with van der Waals surface area (Å²) < 4.78 is 28.8. The molecule has 0 unspecified atom stereocenters. The minimum Gasteiger partial charge on any atom is -0.435 e. The number of ether oxygens (including phenoxy) is 1. The van der Waals surface area contributed by atoms with Crippen molar-refractivity contribution in [1.82, 2.24) is 5.43 Å². The highest BCUT2D eigenvalue weighted by Gasteiger charge is 2.05. The summed E-state index contributed by atoms with van der Waals surface area (Å²) in [5.41, 5.74) is 14.3. The van der Waals surface area contributed by atoms with Gasteiger partial charge >= 0.3 is 6.61 Å². The summed E-state index contributed by atoms with van der Waals surface area (Å²) in [5.74, 6) is 1.06. The molecular formula is C28H27BrF2N6OS. The van der Waals surface area contributed by atoms with Crippen LogP contribution in [0.5, 0.6) is 5.75 Å². The van der Waals surface area contributed by atoms with Gasteiger partial charge in [0.2, 0.25) is 0 Å². The van der Waals surface area contributed by atoms with Crippen LogP contribution in [0.2, 0.25) is 0 Å². The number of amidine groups is 2. The number of hydrogen-bond donors (Lipinski definition) is 2. The zero-order valence-corrected chi connectivity index (χ0v) is 23.7. The van der Waals surface area contributed by atoms with E-state index in [0.717, 1.165) is 28.1 Å². The highest BCUT2D eigenvalue weighted by Crippen LogP contribution is 2.24. The Labute approximate surface area is 238 Å². The molecule has 39 heavy (non-hydrogen) atoms. The van der Waals surface area contributed by atoms with Gasteiger partial charge in [0.25, 0.3) is 0 Å². The summed E-state index contributed by atoms with van der Waals surface area (Å²) in [6.07, 6.45) is 4.98. The van der Waals surface area contributed by atoms with Crippen LogP contribution in [0.1, 0.15) is 22.3 Å². The summed E-state index contributed by atoms with van der Waals surface area (Å²) in [6, 6.07) is 19.3. The van der Waals surface area contributed by atoms with Crippen LogP contribution in [0.15, 0.2) is 97.9 Å². The fourth-order valence-electron chi connectivity index (χ4n) is 3.18. The molecule has 0 amide bonds. The van der Waals surface area contributed by atoms with Gasteiger partial charge in [-0.15, -0.1) is 0 Å². The first-order chi connectivity index (χ1) is 18.9. The smallest absolute Gasteiger partial charge is 0.387 e. The van der Waals surface area contributed by atoms with Crippen molar-refractivity contribution in [1.29, 1.82) is 0 Å². The lowest BCUT2D eigenvalue weighted by Crippen LogP contribution is -2.15. The molecule has 0 bridgehead atoms. The highest BCUT2D eigenvalue weighted by molar-refractivity contribution is 9.11. The molecule has 0 spiro atoms. The Morgan fingerprint density at radius 1 is 1.05 bits per heavy atom. The first-order valence-corrected chi connectivity index (χ1v) is 13.6. The topological polar surface area (TPSA) is 96.7 Å². The van der Waals surface area contributed by atoms with Crippen LogP contribution in [-0.2, 0) is 0 Å². The van der Waals surface area contributed by atoms with Gasteiger partial charge in [-0.2, -0.15) is 13.9 Å². The summed E-state index contributed by atoms with van der Waals surface area (Å²) in [4.78, 5) is 14.9. The van der Waals surface area contributed by atoms with E-state index in [-0.39, 0.29) is 11.6 Å². The van der Waals surface area contributed by atoms with Gasteiger partial charge in [0.05, 0.1) is 17.6 Å². The molecule has 3 aromatic carbocycles. The van der Waals surface area contributed by atoms with Gasteiger partial charge in [-0.1, -0.05) is 76.2 Å². The predicted octanol–water partition coefficient (Wildman–Crippen LogP) is 7.22. The zero-order chi connectivity index (χ0) is 28.0. The normalized spacial score (nSPS) is 12.8. The zero-order valence-electron chi connectivity index (χ0n) is 21.3. The van der Waals surface area contributed by atoms with Crippen LogP contribution in [0.3, 0.4) is 0 Å². The molecule has 3 aromatic rings. The second-order valence-electron chi connectivity index (χ2n) is 7.95. The van der Waals surface area contributed by atoms with Crippen molar-refractivity contribution in [2.24, 2.45) is 25.8 Å². The van der Waals surface area contributed by atoms with Gasteiger partial charge < -0.3 is 10.5 Å². The number of nitrogens with zero attached hydrogens (tertiary/aromatic N) is 4. The number of aryl methyl sites for hydroxylation is 2. The van der Waals surface area contributed by atoms with Gasteiger partial charge in [0, 0.05) is 11.3 Å². The number of para-hydroxylation sites is 1. The fourth-order valence-corrected chi connectivity index (χ4v) is 4.24. The van der Waals surface area contributed by atoms with Crippen LogP contribution in [0.4, 0.5) is 20.2 Å². The van der Waals surface area contributed by atoms with E-state index in [1.54, 1.807) is 6.21 Å². The van der Waals surface area contributed by atoms with Gasteiger partial charge in [-0.25, -0.2) is 15.0 Å². The van der Waals surface area contributed by atoms with E-state index in [9.17, 15) is 8.78 Å². The minimum atomic E-state index is -2.87. The van der Waals surface area contributed by atoms with Crippen LogP contribution >= 0.6 is 27.7 Å². The molecular weight excluding hydrogens is 586 g/mol. The van der Waals surface area contributed by atoms with E-state index in [1.165, 1.54) is 42.4 Å². The van der Waals surface area contributed by atoms with Crippen molar-refractivity contribution in [3.8, 4) is 5.75 Å². The third-order valence-corrected chi connectivity index (χ3v) is 6.29. The van der Waals surface area contributed by atoms with Gasteiger partial charge in [0.15, 0.2) is 5.17 Å². The number of hydrazone groups is 1. The molecule has 0 aliphatic heterocycles. The van der Waals surface area contributed by atoms with Crippen molar-refractivity contribution in [3.63, 3.8) is 0 Å². The van der Waals surface area contributed by atoms with Crippen molar-refractivity contribution in [2.75, 3.05) is 5.75 Å². The Morgan fingerprint density at radius 3 is 2.38 bits per heavy atom. The SMILES string of the molecule is Cc1cccc(C)c1N=C(N/N=C/c1ccc(C(N)=NC=Nc2ccc(OC(F)F)cc2)cc1)SC/C=C/Br. The summed E-state index contributed by atoms with van der Waals surface area (Å²) >= 11 is 4.82. The van der Waals surface area contributed by atoms with Crippen LogP contribution in [0, 0.1) is 13.8 Å².